The number of amides is 1. The van der Waals surface area contributed by atoms with E-state index in [-0.39, 0.29) is 18.0 Å². The molecule has 0 heterocycles. The van der Waals surface area contributed by atoms with E-state index in [0.29, 0.717) is 5.92 Å². The highest BCUT2D eigenvalue weighted by Gasteiger charge is 2.20. The van der Waals surface area contributed by atoms with Crippen molar-refractivity contribution < 1.29 is 4.79 Å². The summed E-state index contributed by atoms with van der Waals surface area (Å²) in [5.41, 5.74) is 5.56. The van der Waals surface area contributed by atoms with Crippen molar-refractivity contribution in [3.05, 3.63) is 0 Å². The molecule has 0 fully saturated rings. The summed E-state index contributed by atoms with van der Waals surface area (Å²) in [5.74, 6) is 0.536. The van der Waals surface area contributed by atoms with Crippen LogP contribution in [0.2, 0.25) is 0 Å². The number of rotatable bonds is 4. The van der Waals surface area contributed by atoms with Crippen molar-refractivity contribution in [2.24, 2.45) is 11.7 Å². The summed E-state index contributed by atoms with van der Waals surface area (Å²) in [7, 11) is 0. The predicted octanol–water partition coefficient (Wildman–Crippen LogP) is 1.23. The first-order valence-corrected chi connectivity index (χ1v) is 4.92. The van der Waals surface area contributed by atoms with Gasteiger partial charge in [-0.05, 0) is 26.7 Å². The molecule has 2 N–H and O–H groups in total. The molecule has 3 nitrogen and oxygen atoms in total. The van der Waals surface area contributed by atoms with Crippen LogP contribution in [0.15, 0.2) is 0 Å². The Morgan fingerprint density at radius 1 is 1.23 bits per heavy atom. The van der Waals surface area contributed by atoms with Crippen LogP contribution >= 0.6 is 0 Å². The van der Waals surface area contributed by atoms with Gasteiger partial charge < -0.3 is 10.6 Å². The van der Waals surface area contributed by atoms with Gasteiger partial charge in [-0.25, -0.2) is 0 Å². The molecule has 0 aromatic carbocycles. The molecule has 0 spiro atoms. The van der Waals surface area contributed by atoms with Gasteiger partial charge in [-0.1, -0.05) is 13.8 Å². The van der Waals surface area contributed by atoms with Crippen LogP contribution in [0.4, 0.5) is 0 Å². The first-order chi connectivity index (χ1) is 5.86. The third kappa shape index (κ3) is 4.27. The molecule has 0 aliphatic carbocycles. The molecule has 13 heavy (non-hydrogen) atoms. The molecule has 0 bridgehead atoms. The van der Waals surface area contributed by atoms with Gasteiger partial charge in [0.2, 0.25) is 5.91 Å². The molecule has 1 atom stereocenters. The highest BCUT2D eigenvalue weighted by Crippen LogP contribution is 2.05. The van der Waals surface area contributed by atoms with E-state index in [4.69, 9.17) is 5.73 Å². The van der Waals surface area contributed by atoms with Gasteiger partial charge >= 0.3 is 0 Å². The maximum atomic E-state index is 11.6. The number of nitrogens with two attached hydrogens (primary N) is 1. The number of nitrogens with zero attached hydrogens (tertiary/aromatic N) is 1. The van der Waals surface area contributed by atoms with Crippen molar-refractivity contribution in [1.29, 1.82) is 0 Å². The second-order valence-electron chi connectivity index (χ2n) is 4.27. The fraction of sp³-hybridized carbons (Fsp3) is 0.900. The summed E-state index contributed by atoms with van der Waals surface area (Å²) >= 11 is 0. The van der Waals surface area contributed by atoms with Crippen molar-refractivity contribution in [2.45, 2.75) is 46.7 Å². The van der Waals surface area contributed by atoms with E-state index in [0.717, 1.165) is 6.54 Å². The van der Waals surface area contributed by atoms with Crippen LogP contribution in [-0.2, 0) is 4.79 Å². The molecular weight excluding hydrogens is 164 g/mol. The number of hydrogen-bond acceptors (Lipinski definition) is 2. The van der Waals surface area contributed by atoms with E-state index in [1.807, 2.05) is 18.7 Å². The van der Waals surface area contributed by atoms with Crippen LogP contribution in [0.1, 0.15) is 34.6 Å². The van der Waals surface area contributed by atoms with Crippen LogP contribution in [-0.4, -0.2) is 29.4 Å². The smallest absolute Gasteiger partial charge is 0.239 e. The van der Waals surface area contributed by atoms with Gasteiger partial charge in [-0.2, -0.15) is 0 Å². The van der Waals surface area contributed by atoms with E-state index >= 15 is 0 Å². The molecule has 0 radical (unpaired) electrons. The van der Waals surface area contributed by atoms with Crippen molar-refractivity contribution >= 4 is 5.91 Å². The minimum Gasteiger partial charge on any atom is -0.339 e. The third-order valence-corrected chi connectivity index (χ3v) is 1.86. The topological polar surface area (TPSA) is 46.3 Å². The lowest BCUT2D eigenvalue weighted by atomic mass is 10.1. The molecule has 0 aromatic heterocycles. The Balaban J connectivity index is 4.33. The van der Waals surface area contributed by atoms with E-state index in [1.165, 1.54) is 0 Å². The van der Waals surface area contributed by atoms with Crippen LogP contribution in [0.25, 0.3) is 0 Å². The van der Waals surface area contributed by atoms with E-state index < -0.39 is 0 Å². The Morgan fingerprint density at radius 3 is 1.92 bits per heavy atom. The molecule has 0 aliphatic heterocycles. The summed E-state index contributed by atoms with van der Waals surface area (Å²) < 4.78 is 0. The molecule has 0 aliphatic rings. The summed E-state index contributed by atoms with van der Waals surface area (Å²) in [6, 6.07) is -0.151. The lowest BCUT2D eigenvalue weighted by Crippen LogP contribution is -2.47. The Bertz CT molecular complexity index is 164. The zero-order valence-corrected chi connectivity index (χ0v) is 9.37. The van der Waals surface area contributed by atoms with Crippen LogP contribution < -0.4 is 5.73 Å². The van der Waals surface area contributed by atoms with Crippen molar-refractivity contribution in [1.82, 2.24) is 4.90 Å². The highest BCUT2D eigenvalue weighted by molar-refractivity contribution is 5.81. The fourth-order valence-corrected chi connectivity index (χ4v) is 1.21. The maximum Gasteiger partial charge on any atom is 0.239 e. The van der Waals surface area contributed by atoms with Crippen molar-refractivity contribution in [3.63, 3.8) is 0 Å². The first-order valence-electron chi connectivity index (χ1n) is 4.92. The van der Waals surface area contributed by atoms with Gasteiger partial charge in [0, 0.05) is 12.6 Å². The van der Waals surface area contributed by atoms with Gasteiger partial charge in [-0.15, -0.1) is 0 Å². The third-order valence-electron chi connectivity index (χ3n) is 1.86. The van der Waals surface area contributed by atoms with Crippen molar-refractivity contribution in [3.8, 4) is 0 Å². The fourth-order valence-electron chi connectivity index (χ4n) is 1.21. The second kappa shape index (κ2) is 5.22. The Morgan fingerprint density at radius 2 is 1.69 bits per heavy atom. The molecule has 0 unspecified atom stereocenters. The molecule has 78 valence electrons. The summed E-state index contributed by atoms with van der Waals surface area (Å²) in [6.45, 7) is 10.8. The average molecular weight is 186 g/mol. The average Bonchev–Trinajstić information content (AvgIpc) is 1.97. The van der Waals surface area contributed by atoms with E-state index in [9.17, 15) is 4.79 Å². The van der Waals surface area contributed by atoms with Gasteiger partial charge in [0.15, 0.2) is 0 Å². The molecule has 0 rings (SSSR count). The van der Waals surface area contributed by atoms with E-state index in [2.05, 4.69) is 13.8 Å². The molecule has 3 heteroatoms. The molecule has 0 aromatic rings. The number of carbonyl (C=O) groups excluding carboxylic acids is 1. The Labute approximate surface area is 81.3 Å². The second-order valence-corrected chi connectivity index (χ2v) is 4.27. The largest absolute Gasteiger partial charge is 0.339 e. The van der Waals surface area contributed by atoms with Gasteiger partial charge in [0.1, 0.15) is 0 Å². The van der Waals surface area contributed by atoms with Crippen LogP contribution in [0, 0.1) is 5.92 Å². The zero-order chi connectivity index (χ0) is 10.6. The van der Waals surface area contributed by atoms with Crippen LogP contribution in [0.5, 0.6) is 0 Å². The Hall–Kier alpha value is -0.570. The monoisotopic (exact) mass is 186 g/mol. The van der Waals surface area contributed by atoms with Gasteiger partial charge in [0.05, 0.1) is 6.04 Å². The lowest BCUT2D eigenvalue weighted by Gasteiger charge is -2.29. The zero-order valence-electron chi connectivity index (χ0n) is 9.37. The summed E-state index contributed by atoms with van der Waals surface area (Å²) in [5, 5.41) is 0. The minimum atomic E-state index is -0.388. The molecule has 0 saturated heterocycles. The molecule has 0 saturated carbocycles. The predicted molar refractivity (Wildman–Crippen MR) is 55.3 cm³/mol. The quantitative estimate of drug-likeness (QED) is 0.717. The normalized spacial score (nSPS) is 13.5. The summed E-state index contributed by atoms with van der Waals surface area (Å²) in [4.78, 5) is 13.5. The number of carbonyl (C=O) groups is 1. The van der Waals surface area contributed by atoms with Gasteiger partial charge in [-0.3, -0.25) is 4.79 Å². The highest BCUT2D eigenvalue weighted by atomic mass is 16.2. The molecular formula is C10H22N2O. The van der Waals surface area contributed by atoms with E-state index in [1.54, 1.807) is 6.92 Å². The first kappa shape index (κ1) is 12.4. The molecule has 1 amide bonds. The standard InChI is InChI=1S/C10H22N2O/c1-7(2)6-12(8(3)4)10(13)9(5)11/h7-9H,6,11H2,1-5H3/t9-/m0/s1. The summed E-state index contributed by atoms with van der Waals surface area (Å²) in [6.07, 6.45) is 0. The van der Waals surface area contributed by atoms with Crippen LogP contribution in [0.3, 0.4) is 0 Å². The van der Waals surface area contributed by atoms with Gasteiger partial charge in [0.25, 0.3) is 0 Å². The SMILES string of the molecule is CC(C)CN(C(=O)[C@H](C)N)C(C)C. The maximum absolute atomic E-state index is 11.6. The van der Waals surface area contributed by atoms with Crippen molar-refractivity contribution in [2.75, 3.05) is 6.54 Å². The number of hydrogen-bond donors (Lipinski definition) is 1. The minimum absolute atomic E-state index is 0.0451. The Kier molecular flexibility index (Phi) is 4.99. The lowest BCUT2D eigenvalue weighted by molar-refractivity contribution is -0.134.